The number of ether oxygens (including phenoxy) is 1. The van der Waals surface area contributed by atoms with E-state index in [0.717, 1.165) is 12.1 Å². The second-order valence-corrected chi connectivity index (χ2v) is 7.01. The molecule has 0 fully saturated rings. The number of hydrogen-bond acceptors (Lipinski definition) is 4. The molecule has 5 nitrogen and oxygen atoms in total. The molecule has 1 heterocycles. The Bertz CT molecular complexity index is 1070. The van der Waals surface area contributed by atoms with Gasteiger partial charge in [-0.15, -0.1) is 0 Å². The van der Waals surface area contributed by atoms with Crippen LogP contribution < -0.4 is 10.1 Å². The number of fused-ring (bicyclic) bond motifs is 1. The summed E-state index contributed by atoms with van der Waals surface area (Å²) in [6.45, 7) is 9.89. The molecule has 0 radical (unpaired) electrons. The van der Waals surface area contributed by atoms with E-state index in [2.05, 4.69) is 15.3 Å². The minimum Gasteiger partial charge on any atom is -0.493 e. The lowest BCUT2D eigenvalue weighted by Crippen LogP contribution is -2.08. The van der Waals surface area contributed by atoms with Gasteiger partial charge < -0.3 is 14.6 Å². The third-order valence-electron chi connectivity index (χ3n) is 4.45. The van der Waals surface area contributed by atoms with Crippen LogP contribution in [0.5, 0.6) is 5.75 Å². The average molecular weight is 438 g/mol. The number of hydrogen-bond donors (Lipinski definition) is 1. The van der Waals surface area contributed by atoms with E-state index in [9.17, 15) is 13.2 Å². The molecule has 9 heteroatoms. The molecule has 0 saturated heterocycles. The maximum Gasteiger partial charge on any atom is 0.437 e. The fraction of sp³-hybridized carbons (Fsp3) is 0.333. The van der Waals surface area contributed by atoms with Gasteiger partial charge in [-0.05, 0) is 37.1 Å². The van der Waals surface area contributed by atoms with Crippen LogP contribution in [0.2, 0.25) is 5.02 Å². The SMILES string of the molecule is [C-]#[N+]c1ccc(NCCCOc2ccc3c(C(F)(F)F)noc3c2CCC)cc1Cl. The normalized spacial score (nSPS) is 11.5. The lowest BCUT2D eigenvalue weighted by molar-refractivity contribution is -0.141. The molecule has 0 aliphatic heterocycles. The summed E-state index contributed by atoms with van der Waals surface area (Å²) in [7, 11) is 0. The summed E-state index contributed by atoms with van der Waals surface area (Å²) in [4.78, 5) is 3.31. The summed E-state index contributed by atoms with van der Waals surface area (Å²) in [5, 5.41) is 6.74. The molecule has 30 heavy (non-hydrogen) atoms. The zero-order valence-electron chi connectivity index (χ0n) is 16.1. The minimum atomic E-state index is -4.57. The summed E-state index contributed by atoms with van der Waals surface area (Å²) >= 11 is 6.01. The number of aromatic nitrogens is 1. The van der Waals surface area contributed by atoms with Crippen LogP contribution in [-0.4, -0.2) is 18.3 Å². The lowest BCUT2D eigenvalue weighted by Gasteiger charge is -2.12. The Balaban J connectivity index is 1.64. The van der Waals surface area contributed by atoms with Crippen molar-refractivity contribution >= 4 is 33.9 Å². The van der Waals surface area contributed by atoms with Crippen LogP contribution in [0.15, 0.2) is 34.9 Å². The molecule has 0 bridgehead atoms. The maximum absolute atomic E-state index is 13.1. The fourth-order valence-corrected chi connectivity index (χ4v) is 3.28. The highest BCUT2D eigenvalue weighted by molar-refractivity contribution is 6.33. The molecule has 1 aromatic heterocycles. The van der Waals surface area contributed by atoms with Gasteiger partial charge in [-0.1, -0.05) is 36.2 Å². The third kappa shape index (κ3) is 4.79. The van der Waals surface area contributed by atoms with Gasteiger partial charge in [-0.2, -0.15) is 13.2 Å². The molecule has 2 aromatic carbocycles. The predicted molar refractivity (Wildman–Crippen MR) is 109 cm³/mol. The van der Waals surface area contributed by atoms with Gasteiger partial charge in [-0.3, -0.25) is 0 Å². The first kappa shape index (κ1) is 21.8. The topological polar surface area (TPSA) is 51.7 Å². The van der Waals surface area contributed by atoms with Crippen molar-refractivity contribution < 1.29 is 22.4 Å². The second-order valence-electron chi connectivity index (χ2n) is 6.60. The van der Waals surface area contributed by atoms with Crippen molar-refractivity contribution in [3.05, 3.63) is 58.0 Å². The van der Waals surface area contributed by atoms with E-state index in [4.69, 9.17) is 27.4 Å². The lowest BCUT2D eigenvalue weighted by atomic mass is 10.0. The Morgan fingerprint density at radius 2 is 2.07 bits per heavy atom. The van der Waals surface area contributed by atoms with Gasteiger partial charge in [0.15, 0.2) is 11.3 Å². The van der Waals surface area contributed by atoms with Crippen molar-refractivity contribution in [1.29, 1.82) is 0 Å². The van der Waals surface area contributed by atoms with Gasteiger partial charge in [0, 0.05) is 22.8 Å². The molecular formula is C21H19ClF3N3O2. The van der Waals surface area contributed by atoms with Crippen LogP contribution >= 0.6 is 11.6 Å². The van der Waals surface area contributed by atoms with Crippen molar-refractivity contribution in [1.82, 2.24) is 5.16 Å². The molecule has 0 aliphatic rings. The molecular weight excluding hydrogens is 419 g/mol. The first-order valence-corrected chi connectivity index (χ1v) is 9.75. The number of halogens is 4. The number of aryl methyl sites for hydroxylation is 1. The maximum atomic E-state index is 13.1. The van der Waals surface area contributed by atoms with Crippen LogP contribution in [0, 0.1) is 6.57 Å². The first-order chi connectivity index (χ1) is 14.3. The molecule has 0 atom stereocenters. The highest BCUT2D eigenvalue weighted by Crippen LogP contribution is 2.38. The van der Waals surface area contributed by atoms with Crippen molar-refractivity contribution in [2.75, 3.05) is 18.5 Å². The van der Waals surface area contributed by atoms with Gasteiger partial charge in [0.2, 0.25) is 5.69 Å². The Hall–Kier alpha value is -2.92. The zero-order valence-corrected chi connectivity index (χ0v) is 16.9. The second kappa shape index (κ2) is 9.26. The molecule has 0 saturated carbocycles. The van der Waals surface area contributed by atoms with Crippen LogP contribution in [0.4, 0.5) is 24.5 Å². The number of rotatable bonds is 8. The number of anilines is 1. The molecule has 0 amide bonds. The van der Waals surface area contributed by atoms with Crippen LogP contribution in [-0.2, 0) is 12.6 Å². The standard InChI is InChI=1S/C21H19ClF3N3O2/c1-3-5-14-18(9-7-15-19(14)30-28-20(15)21(23,24)25)29-11-4-10-27-13-6-8-17(26-2)16(22)12-13/h6-9,12,27H,3-5,10-11H2,1H3. The van der Waals surface area contributed by atoms with Gasteiger partial charge in [0.25, 0.3) is 0 Å². The number of alkyl halides is 3. The summed E-state index contributed by atoms with van der Waals surface area (Å²) in [6.07, 6.45) is -2.68. The smallest absolute Gasteiger partial charge is 0.437 e. The molecule has 0 unspecified atom stereocenters. The van der Waals surface area contributed by atoms with E-state index in [1.54, 1.807) is 18.2 Å². The van der Waals surface area contributed by atoms with Crippen molar-refractivity contribution in [3.63, 3.8) is 0 Å². The number of nitrogens with zero attached hydrogens (tertiary/aromatic N) is 2. The van der Waals surface area contributed by atoms with E-state index >= 15 is 0 Å². The van der Waals surface area contributed by atoms with E-state index in [1.807, 2.05) is 6.92 Å². The zero-order chi connectivity index (χ0) is 21.7. The molecule has 0 spiro atoms. The Morgan fingerprint density at radius 3 is 2.73 bits per heavy atom. The van der Waals surface area contributed by atoms with Gasteiger partial charge in [-0.25, -0.2) is 4.85 Å². The van der Waals surface area contributed by atoms with Crippen molar-refractivity contribution in [3.8, 4) is 5.75 Å². The first-order valence-electron chi connectivity index (χ1n) is 9.37. The van der Waals surface area contributed by atoms with Gasteiger partial charge in [0.1, 0.15) is 5.75 Å². The highest BCUT2D eigenvalue weighted by Gasteiger charge is 2.37. The third-order valence-corrected chi connectivity index (χ3v) is 4.75. The highest BCUT2D eigenvalue weighted by atomic mass is 35.5. The van der Waals surface area contributed by atoms with Gasteiger partial charge in [0.05, 0.1) is 18.6 Å². The Kier molecular flexibility index (Phi) is 6.73. The van der Waals surface area contributed by atoms with Crippen LogP contribution in [0.25, 0.3) is 15.8 Å². The fourth-order valence-electron chi connectivity index (χ4n) is 3.06. The molecule has 0 aliphatic carbocycles. The van der Waals surface area contributed by atoms with E-state index in [1.165, 1.54) is 12.1 Å². The van der Waals surface area contributed by atoms with Gasteiger partial charge >= 0.3 is 6.18 Å². The Morgan fingerprint density at radius 1 is 1.27 bits per heavy atom. The Labute approximate surface area is 176 Å². The minimum absolute atomic E-state index is 0.0558. The number of benzene rings is 2. The predicted octanol–water partition coefficient (Wildman–Crippen LogP) is 6.88. The van der Waals surface area contributed by atoms with Crippen LogP contribution in [0.3, 0.4) is 0 Å². The van der Waals surface area contributed by atoms with E-state index < -0.39 is 11.9 Å². The molecule has 3 rings (SSSR count). The van der Waals surface area contributed by atoms with Crippen molar-refractivity contribution in [2.24, 2.45) is 0 Å². The molecule has 3 aromatic rings. The summed E-state index contributed by atoms with van der Waals surface area (Å²) in [5.41, 5.74) is 0.877. The summed E-state index contributed by atoms with van der Waals surface area (Å²) in [5.74, 6) is 0.499. The average Bonchev–Trinajstić information content (AvgIpc) is 3.14. The van der Waals surface area contributed by atoms with E-state index in [0.29, 0.717) is 48.0 Å². The molecule has 158 valence electrons. The summed E-state index contributed by atoms with van der Waals surface area (Å²) < 4.78 is 50.1. The van der Waals surface area contributed by atoms with Crippen molar-refractivity contribution in [2.45, 2.75) is 32.4 Å². The number of nitrogens with one attached hydrogen (secondary N) is 1. The molecule has 1 N–H and O–H groups in total. The van der Waals surface area contributed by atoms with E-state index in [-0.39, 0.29) is 11.0 Å². The summed E-state index contributed by atoms with van der Waals surface area (Å²) in [6, 6.07) is 7.98. The monoisotopic (exact) mass is 437 g/mol. The quantitative estimate of drug-likeness (QED) is 0.308. The van der Waals surface area contributed by atoms with Crippen LogP contribution in [0.1, 0.15) is 31.0 Å². The largest absolute Gasteiger partial charge is 0.493 e.